The fourth-order valence-corrected chi connectivity index (χ4v) is 4.22. The van der Waals surface area contributed by atoms with Crippen LogP contribution >= 0.6 is 0 Å². The van der Waals surface area contributed by atoms with E-state index in [9.17, 15) is 14.7 Å². The zero-order chi connectivity index (χ0) is 22.8. The van der Waals surface area contributed by atoms with Crippen molar-refractivity contribution in [1.82, 2.24) is 24.7 Å². The molecule has 2 N–H and O–H groups in total. The number of H-pyrrole nitrogens is 1. The normalized spacial score (nSPS) is 19.1. The maximum Gasteiger partial charge on any atom is 0.345 e. The van der Waals surface area contributed by atoms with Crippen LogP contribution in [0.15, 0.2) is 41.7 Å². The second-order valence-corrected chi connectivity index (χ2v) is 8.57. The number of aliphatic carboxylic acids is 1. The third-order valence-corrected chi connectivity index (χ3v) is 6.13. The fourth-order valence-electron chi connectivity index (χ4n) is 4.22. The number of piperidine rings is 1. The number of carbonyl (C=O) groups is 2. The Morgan fingerprint density at radius 2 is 2.06 bits per heavy atom. The van der Waals surface area contributed by atoms with Crippen molar-refractivity contribution in [2.75, 3.05) is 47.3 Å². The molecule has 2 aromatic heterocycles. The van der Waals surface area contributed by atoms with E-state index < -0.39 is 11.8 Å². The summed E-state index contributed by atoms with van der Waals surface area (Å²) in [5, 5.41) is 10.6. The third kappa shape index (κ3) is 4.39. The molecule has 0 atom stereocenters. The molecule has 4 rings (SSSR count). The second-order valence-electron chi connectivity index (χ2n) is 8.57. The molecule has 32 heavy (non-hydrogen) atoms. The minimum Gasteiger partial charge on any atom is -0.477 e. The average molecular weight is 440 g/mol. The minimum absolute atomic E-state index is 0.0207. The van der Waals surface area contributed by atoms with Gasteiger partial charge in [-0.25, -0.2) is 9.78 Å². The Morgan fingerprint density at radius 1 is 1.31 bits per heavy atom. The Balaban J connectivity index is 1.50. The number of pyridine rings is 1. The van der Waals surface area contributed by atoms with Crippen LogP contribution in [-0.4, -0.2) is 94.9 Å². The van der Waals surface area contributed by atoms with Gasteiger partial charge in [-0.3, -0.25) is 4.79 Å². The summed E-state index contributed by atoms with van der Waals surface area (Å²) in [7, 11) is 6.24. The number of carboxylic acids is 1. The van der Waals surface area contributed by atoms with Crippen LogP contribution in [0.3, 0.4) is 0 Å². The number of ketones is 1. The summed E-state index contributed by atoms with van der Waals surface area (Å²) in [6, 6.07) is 4.11. The van der Waals surface area contributed by atoms with Crippen molar-refractivity contribution < 1.29 is 19.4 Å². The van der Waals surface area contributed by atoms with E-state index in [0.717, 1.165) is 36.9 Å². The van der Waals surface area contributed by atoms with Crippen LogP contribution in [0, 0.1) is 0 Å². The number of hydrogen-bond acceptors (Lipinski definition) is 7. The molecule has 170 valence electrons. The fraction of sp³-hybridized carbons (Fsp3) is 0.435. The molecule has 9 heteroatoms. The highest BCUT2D eigenvalue weighted by atomic mass is 16.5. The highest BCUT2D eigenvalue weighted by Gasteiger charge is 2.39. The molecule has 2 aliphatic rings. The Hall–Kier alpha value is -3.17. The van der Waals surface area contributed by atoms with Gasteiger partial charge in [-0.1, -0.05) is 0 Å². The molecule has 0 amide bonds. The molecule has 1 fully saturated rings. The van der Waals surface area contributed by atoms with Crippen molar-refractivity contribution in [3.05, 3.63) is 47.3 Å². The van der Waals surface area contributed by atoms with Crippen molar-refractivity contribution in [1.29, 1.82) is 0 Å². The Labute approximate surface area is 187 Å². The molecule has 2 aliphatic heterocycles. The molecule has 0 saturated carbocycles. The SMILES string of the molecule is CN(C)CCN(C)C1CCN(C2=C(C(=O)O)C(=O)C(=Cc3c[nH]c4ncccc34)O2)CC1. The maximum atomic E-state index is 12.9. The van der Waals surface area contributed by atoms with Crippen molar-refractivity contribution in [3.63, 3.8) is 0 Å². The van der Waals surface area contributed by atoms with Crippen molar-refractivity contribution in [2.24, 2.45) is 0 Å². The molecular formula is C23H29N5O4. The van der Waals surface area contributed by atoms with E-state index in [2.05, 4.69) is 40.9 Å². The van der Waals surface area contributed by atoms with Crippen LogP contribution in [0.25, 0.3) is 17.1 Å². The largest absolute Gasteiger partial charge is 0.477 e. The number of fused-ring (bicyclic) bond motifs is 1. The number of likely N-dealkylation sites (N-methyl/N-ethyl adjacent to an activating group) is 2. The molecule has 0 radical (unpaired) electrons. The van der Waals surface area contributed by atoms with Gasteiger partial charge in [0.25, 0.3) is 0 Å². The van der Waals surface area contributed by atoms with Gasteiger partial charge >= 0.3 is 5.97 Å². The molecule has 2 aromatic rings. The van der Waals surface area contributed by atoms with Crippen molar-refractivity contribution in [3.8, 4) is 0 Å². The summed E-state index contributed by atoms with van der Waals surface area (Å²) in [5.74, 6) is -1.69. The topological polar surface area (TPSA) is 102 Å². The summed E-state index contributed by atoms with van der Waals surface area (Å²) >= 11 is 0. The van der Waals surface area contributed by atoms with E-state index in [1.807, 2.05) is 17.0 Å². The number of nitrogens with one attached hydrogen (secondary N) is 1. The molecule has 0 spiro atoms. The number of rotatable bonds is 7. The van der Waals surface area contributed by atoms with Crippen molar-refractivity contribution >= 4 is 28.9 Å². The Bertz CT molecular complexity index is 1080. The first-order chi connectivity index (χ1) is 15.3. The quantitative estimate of drug-likeness (QED) is 0.497. The van der Waals surface area contributed by atoms with Crippen LogP contribution in [0.4, 0.5) is 0 Å². The summed E-state index contributed by atoms with van der Waals surface area (Å²) in [6.07, 6.45) is 6.75. The van der Waals surface area contributed by atoms with E-state index in [0.29, 0.717) is 24.8 Å². The average Bonchev–Trinajstić information content (AvgIpc) is 3.33. The lowest BCUT2D eigenvalue weighted by molar-refractivity contribution is -0.134. The lowest BCUT2D eigenvalue weighted by Gasteiger charge is -2.38. The van der Waals surface area contributed by atoms with Gasteiger partial charge in [0, 0.05) is 55.6 Å². The number of aromatic nitrogens is 2. The van der Waals surface area contributed by atoms with Crippen molar-refractivity contribution in [2.45, 2.75) is 18.9 Å². The summed E-state index contributed by atoms with van der Waals surface area (Å²) in [4.78, 5) is 38.5. The predicted molar refractivity (Wildman–Crippen MR) is 121 cm³/mol. The third-order valence-electron chi connectivity index (χ3n) is 6.13. The van der Waals surface area contributed by atoms with Crippen LogP contribution < -0.4 is 0 Å². The number of carbonyl (C=O) groups excluding carboxylic acids is 1. The van der Waals surface area contributed by atoms with E-state index in [1.165, 1.54) is 0 Å². The number of likely N-dealkylation sites (tertiary alicyclic amines) is 1. The van der Waals surface area contributed by atoms with Gasteiger partial charge in [0.05, 0.1) is 0 Å². The number of hydrogen-bond donors (Lipinski definition) is 2. The standard InChI is InChI=1S/C23H29N5O4/c1-26(2)11-12-27(3)16-6-9-28(10-7-16)22-19(23(30)31)20(29)18(32-22)13-15-14-25-21-17(15)5-4-8-24-21/h4-5,8,13-14,16H,6-7,9-12H2,1-3H3,(H,24,25)(H,30,31). The molecule has 0 aliphatic carbocycles. The van der Waals surface area contributed by atoms with Gasteiger partial charge in [-0.2, -0.15) is 0 Å². The van der Waals surface area contributed by atoms with Gasteiger partial charge in [0.2, 0.25) is 11.7 Å². The van der Waals surface area contributed by atoms with E-state index in [-0.39, 0.29) is 17.2 Å². The number of ether oxygens (including phenoxy) is 1. The molecule has 0 aromatic carbocycles. The Morgan fingerprint density at radius 3 is 2.75 bits per heavy atom. The first kappa shape index (κ1) is 22.0. The highest BCUT2D eigenvalue weighted by Crippen LogP contribution is 2.32. The highest BCUT2D eigenvalue weighted by molar-refractivity contribution is 6.26. The van der Waals surface area contributed by atoms with Crippen LogP contribution in [0.5, 0.6) is 0 Å². The number of nitrogens with zero attached hydrogens (tertiary/aromatic N) is 4. The minimum atomic E-state index is -1.26. The second kappa shape index (κ2) is 9.13. The molecule has 0 bridgehead atoms. The summed E-state index contributed by atoms with van der Waals surface area (Å²) < 4.78 is 5.87. The van der Waals surface area contributed by atoms with Gasteiger partial charge < -0.3 is 29.5 Å². The maximum absolute atomic E-state index is 12.9. The lowest BCUT2D eigenvalue weighted by Crippen LogP contribution is -2.45. The Kier molecular flexibility index (Phi) is 6.29. The van der Waals surface area contributed by atoms with Gasteiger partial charge in [-0.15, -0.1) is 0 Å². The summed E-state index contributed by atoms with van der Waals surface area (Å²) in [6.45, 7) is 3.24. The first-order valence-corrected chi connectivity index (χ1v) is 10.8. The summed E-state index contributed by atoms with van der Waals surface area (Å²) in [5.41, 5.74) is 1.12. The first-order valence-electron chi connectivity index (χ1n) is 10.8. The van der Waals surface area contributed by atoms with Gasteiger partial charge in [0.1, 0.15) is 5.65 Å². The van der Waals surface area contributed by atoms with Crippen LogP contribution in [0.1, 0.15) is 18.4 Å². The zero-order valence-corrected chi connectivity index (χ0v) is 18.7. The molecule has 0 unspecified atom stereocenters. The number of aromatic amines is 1. The van der Waals surface area contributed by atoms with Gasteiger partial charge in [-0.05, 0) is 52.2 Å². The molecular weight excluding hydrogens is 410 g/mol. The molecule has 1 saturated heterocycles. The number of carboxylic acid groups (broad SMARTS) is 1. The van der Waals surface area contributed by atoms with E-state index in [1.54, 1.807) is 18.5 Å². The predicted octanol–water partition coefficient (Wildman–Crippen LogP) is 1.76. The van der Waals surface area contributed by atoms with E-state index >= 15 is 0 Å². The number of Topliss-reactive ketones (excluding diaryl/α,β-unsaturated/α-hetero) is 1. The monoisotopic (exact) mass is 439 g/mol. The molecule has 9 nitrogen and oxygen atoms in total. The zero-order valence-electron chi connectivity index (χ0n) is 18.7. The van der Waals surface area contributed by atoms with Gasteiger partial charge in [0.15, 0.2) is 11.3 Å². The number of allylic oxidation sites excluding steroid dienone is 1. The van der Waals surface area contributed by atoms with Crippen LogP contribution in [-0.2, 0) is 14.3 Å². The van der Waals surface area contributed by atoms with Crippen LogP contribution in [0.2, 0.25) is 0 Å². The smallest absolute Gasteiger partial charge is 0.345 e. The lowest BCUT2D eigenvalue weighted by atomic mass is 10.0. The van der Waals surface area contributed by atoms with E-state index in [4.69, 9.17) is 4.74 Å². The molecule has 4 heterocycles.